The molecule has 24 heavy (non-hydrogen) atoms. The Labute approximate surface area is 145 Å². The molecule has 1 aromatic rings. The van der Waals surface area contributed by atoms with Gasteiger partial charge in [-0.05, 0) is 37.5 Å². The molecule has 0 aliphatic carbocycles. The van der Waals surface area contributed by atoms with Gasteiger partial charge < -0.3 is 15.4 Å². The van der Waals surface area contributed by atoms with Gasteiger partial charge in [0, 0.05) is 30.3 Å². The minimum Gasteiger partial charge on any atom is -0.381 e. The Kier molecular flexibility index (Phi) is 5.23. The van der Waals surface area contributed by atoms with Crippen molar-refractivity contribution >= 4 is 23.7 Å². The predicted octanol–water partition coefficient (Wildman–Crippen LogP) is 2.19. The zero-order valence-corrected chi connectivity index (χ0v) is 14.2. The summed E-state index contributed by atoms with van der Waals surface area (Å²) in [6.45, 7) is 3.08. The second-order valence-corrected chi connectivity index (χ2v) is 6.42. The summed E-state index contributed by atoms with van der Waals surface area (Å²) < 4.78 is 5.28. The molecular weight excluding hydrogens is 332 g/mol. The minimum absolute atomic E-state index is 0.0671. The lowest BCUT2D eigenvalue weighted by Gasteiger charge is -2.39. The van der Waals surface area contributed by atoms with Gasteiger partial charge in [-0.15, -0.1) is 0 Å². The Morgan fingerprint density at radius 1 is 1.17 bits per heavy atom. The molecule has 3 rings (SSSR count). The third kappa shape index (κ3) is 3.80. The number of nitrogens with one attached hydrogen (secondary N) is 3. The van der Waals surface area contributed by atoms with E-state index >= 15 is 0 Å². The van der Waals surface area contributed by atoms with Gasteiger partial charge >= 0.3 is 12.1 Å². The Morgan fingerprint density at radius 2 is 1.75 bits per heavy atom. The van der Waals surface area contributed by atoms with Crippen molar-refractivity contribution in [2.24, 2.45) is 0 Å². The lowest BCUT2D eigenvalue weighted by molar-refractivity contribution is 0.0492. The predicted molar refractivity (Wildman–Crippen MR) is 89.5 cm³/mol. The van der Waals surface area contributed by atoms with Gasteiger partial charge in [-0.1, -0.05) is 23.7 Å². The highest BCUT2D eigenvalue weighted by atomic mass is 35.5. The van der Waals surface area contributed by atoms with Crippen molar-refractivity contribution in [3.63, 3.8) is 0 Å². The Balaban J connectivity index is 1.60. The molecule has 4 amide bonds. The van der Waals surface area contributed by atoms with Gasteiger partial charge in [0.15, 0.2) is 6.29 Å². The van der Waals surface area contributed by atoms with Gasteiger partial charge in [0.1, 0.15) is 0 Å². The van der Waals surface area contributed by atoms with E-state index in [4.69, 9.17) is 16.3 Å². The largest absolute Gasteiger partial charge is 0.381 e. The van der Waals surface area contributed by atoms with Crippen LogP contribution < -0.4 is 16.0 Å². The fourth-order valence-electron chi connectivity index (χ4n) is 2.97. The molecule has 0 bridgehead atoms. The van der Waals surface area contributed by atoms with E-state index < -0.39 is 6.29 Å². The molecule has 7 nitrogen and oxygen atoms in total. The summed E-state index contributed by atoms with van der Waals surface area (Å²) in [6.07, 6.45) is 0.715. The molecular formula is C16H21ClN4O3. The monoisotopic (exact) mass is 352 g/mol. The third-order valence-corrected chi connectivity index (χ3v) is 4.57. The number of carbonyl (C=O) groups excluding carboxylic acids is 2. The normalized spacial score (nSPS) is 21.3. The molecule has 2 aliphatic heterocycles. The number of rotatable bonds is 4. The van der Waals surface area contributed by atoms with Crippen molar-refractivity contribution in [3.05, 3.63) is 34.9 Å². The number of urea groups is 2. The van der Waals surface area contributed by atoms with Crippen molar-refractivity contribution < 1.29 is 14.3 Å². The fraction of sp³-hybridized carbons (Fsp3) is 0.500. The van der Waals surface area contributed by atoms with Crippen molar-refractivity contribution in [3.8, 4) is 0 Å². The first-order chi connectivity index (χ1) is 11.5. The average Bonchev–Trinajstić information content (AvgIpc) is 2.55. The first-order valence-corrected chi connectivity index (χ1v) is 8.42. The van der Waals surface area contributed by atoms with E-state index in [0.717, 1.165) is 5.56 Å². The van der Waals surface area contributed by atoms with Gasteiger partial charge in [0.2, 0.25) is 0 Å². The lowest BCUT2D eigenvalue weighted by Crippen LogP contribution is -2.70. The van der Waals surface area contributed by atoms with E-state index in [1.807, 2.05) is 19.1 Å². The van der Waals surface area contributed by atoms with Crippen LogP contribution in [0.3, 0.4) is 0 Å². The first kappa shape index (κ1) is 17.0. The molecule has 2 fully saturated rings. The SMILES string of the molecule is C[C@H](NC1NC(=O)N(C2CCOCC2)C(=O)N1)c1ccc(Cl)cc1. The van der Waals surface area contributed by atoms with Crippen LogP contribution in [0.1, 0.15) is 31.4 Å². The molecule has 130 valence electrons. The number of halogens is 1. The smallest absolute Gasteiger partial charge is 0.328 e. The van der Waals surface area contributed by atoms with Crippen molar-refractivity contribution in [1.29, 1.82) is 0 Å². The number of hydrogen-bond acceptors (Lipinski definition) is 4. The second-order valence-electron chi connectivity index (χ2n) is 5.99. The van der Waals surface area contributed by atoms with Gasteiger partial charge in [-0.25, -0.2) is 14.5 Å². The van der Waals surface area contributed by atoms with Crippen molar-refractivity contribution in [1.82, 2.24) is 20.9 Å². The summed E-state index contributed by atoms with van der Waals surface area (Å²) in [5.74, 6) is 0. The molecule has 8 heteroatoms. The molecule has 2 aliphatic rings. The zero-order chi connectivity index (χ0) is 17.1. The maximum absolute atomic E-state index is 12.3. The highest BCUT2D eigenvalue weighted by molar-refractivity contribution is 6.30. The van der Waals surface area contributed by atoms with E-state index in [1.165, 1.54) is 4.90 Å². The number of benzene rings is 1. The van der Waals surface area contributed by atoms with Crippen LogP contribution in [0.25, 0.3) is 0 Å². The van der Waals surface area contributed by atoms with Crippen LogP contribution in [0.5, 0.6) is 0 Å². The zero-order valence-electron chi connectivity index (χ0n) is 13.4. The summed E-state index contributed by atoms with van der Waals surface area (Å²) in [6, 6.07) is 6.47. The van der Waals surface area contributed by atoms with Gasteiger partial charge in [0.05, 0.1) is 0 Å². The highest BCUT2D eigenvalue weighted by Gasteiger charge is 2.37. The van der Waals surface area contributed by atoms with E-state index in [-0.39, 0.29) is 24.1 Å². The van der Waals surface area contributed by atoms with E-state index in [1.54, 1.807) is 12.1 Å². The minimum atomic E-state index is -0.619. The number of carbonyl (C=O) groups is 2. The number of ether oxygens (including phenoxy) is 1. The van der Waals surface area contributed by atoms with Crippen LogP contribution in [0.2, 0.25) is 5.02 Å². The van der Waals surface area contributed by atoms with Crippen molar-refractivity contribution in [2.45, 2.75) is 38.1 Å². The molecule has 0 unspecified atom stereocenters. The number of hydrogen-bond donors (Lipinski definition) is 3. The summed E-state index contributed by atoms with van der Waals surface area (Å²) in [5, 5.41) is 9.41. The topological polar surface area (TPSA) is 82.7 Å². The number of nitrogens with zero attached hydrogens (tertiary/aromatic N) is 1. The Morgan fingerprint density at radius 3 is 2.33 bits per heavy atom. The molecule has 1 atom stereocenters. The van der Waals surface area contributed by atoms with Gasteiger partial charge in [0.25, 0.3) is 0 Å². The fourth-order valence-corrected chi connectivity index (χ4v) is 3.10. The molecule has 0 saturated carbocycles. The number of imide groups is 1. The lowest BCUT2D eigenvalue weighted by atomic mass is 10.1. The third-order valence-electron chi connectivity index (χ3n) is 4.32. The van der Waals surface area contributed by atoms with Crippen LogP contribution in [-0.2, 0) is 4.74 Å². The van der Waals surface area contributed by atoms with Crippen LogP contribution >= 0.6 is 11.6 Å². The molecule has 2 saturated heterocycles. The Hall–Kier alpha value is -1.83. The Bertz CT molecular complexity index is 586. The molecule has 3 N–H and O–H groups in total. The summed E-state index contributed by atoms with van der Waals surface area (Å²) in [7, 11) is 0. The molecule has 0 radical (unpaired) electrons. The van der Waals surface area contributed by atoms with Gasteiger partial charge in [-0.3, -0.25) is 5.32 Å². The molecule has 1 aromatic carbocycles. The standard InChI is InChI=1S/C16H21ClN4O3/c1-10(11-2-4-12(17)5-3-11)18-14-19-15(22)21(16(23)20-14)13-6-8-24-9-7-13/h2-5,10,13-14,18H,6-9H2,1H3,(H,19,22)(H,20,23)/t10-/m0/s1. The van der Waals surface area contributed by atoms with Crippen LogP contribution in [0.4, 0.5) is 9.59 Å². The molecule has 2 heterocycles. The van der Waals surface area contributed by atoms with Crippen molar-refractivity contribution in [2.75, 3.05) is 13.2 Å². The quantitative estimate of drug-likeness (QED) is 0.775. The number of amides is 4. The highest BCUT2D eigenvalue weighted by Crippen LogP contribution is 2.18. The summed E-state index contributed by atoms with van der Waals surface area (Å²) >= 11 is 5.89. The average molecular weight is 353 g/mol. The van der Waals surface area contributed by atoms with E-state index in [9.17, 15) is 9.59 Å². The molecule has 0 aromatic heterocycles. The molecule has 0 spiro atoms. The van der Waals surface area contributed by atoms with Crippen LogP contribution in [0.15, 0.2) is 24.3 Å². The maximum Gasteiger partial charge on any atom is 0.328 e. The first-order valence-electron chi connectivity index (χ1n) is 8.04. The van der Waals surface area contributed by atoms with E-state index in [0.29, 0.717) is 31.1 Å². The second kappa shape index (κ2) is 7.38. The van der Waals surface area contributed by atoms with Crippen LogP contribution in [-0.4, -0.2) is 42.5 Å². The summed E-state index contributed by atoms with van der Waals surface area (Å²) in [4.78, 5) is 25.9. The maximum atomic E-state index is 12.3. The van der Waals surface area contributed by atoms with Gasteiger partial charge in [-0.2, -0.15) is 0 Å². The van der Waals surface area contributed by atoms with Crippen LogP contribution in [0, 0.1) is 0 Å². The summed E-state index contributed by atoms with van der Waals surface area (Å²) in [5.41, 5.74) is 1.01. The van der Waals surface area contributed by atoms with E-state index in [2.05, 4.69) is 16.0 Å².